The summed E-state index contributed by atoms with van der Waals surface area (Å²) in [5, 5.41) is 10.6. The lowest BCUT2D eigenvalue weighted by Crippen LogP contribution is -1.97. The predicted molar refractivity (Wildman–Crippen MR) is 73.3 cm³/mol. The van der Waals surface area contributed by atoms with Gasteiger partial charge in [0.15, 0.2) is 5.78 Å². The van der Waals surface area contributed by atoms with Gasteiger partial charge in [-0.15, -0.1) is 0 Å². The number of carbonyl (C=O) groups is 1. The molecule has 0 heterocycles. The summed E-state index contributed by atoms with van der Waals surface area (Å²) in [6, 6.07) is 10.8. The molecule has 2 aromatic carbocycles. The van der Waals surface area contributed by atoms with E-state index in [0.29, 0.717) is 10.6 Å². The van der Waals surface area contributed by atoms with Crippen molar-refractivity contribution in [2.24, 2.45) is 0 Å². The van der Waals surface area contributed by atoms with Crippen LogP contribution >= 0.6 is 11.6 Å². The molecule has 18 heavy (non-hydrogen) atoms. The van der Waals surface area contributed by atoms with Gasteiger partial charge in [-0.3, -0.25) is 4.79 Å². The van der Waals surface area contributed by atoms with E-state index in [2.05, 4.69) is 0 Å². The molecule has 2 nitrogen and oxygen atoms in total. The Balaban J connectivity index is 2.54. The van der Waals surface area contributed by atoms with Crippen LogP contribution in [0.15, 0.2) is 36.4 Å². The Labute approximate surface area is 111 Å². The zero-order valence-corrected chi connectivity index (χ0v) is 11.0. The second kappa shape index (κ2) is 4.83. The van der Waals surface area contributed by atoms with Gasteiger partial charge in [-0.05, 0) is 48.7 Å². The van der Waals surface area contributed by atoms with E-state index in [4.69, 9.17) is 11.6 Å². The van der Waals surface area contributed by atoms with Gasteiger partial charge in [-0.25, -0.2) is 0 Å². The predicted octanol–water partition coefficient (Wildman–Crippen LogP) is 4.22. The molecular weight excluding hydrogens is 248 g/mol. The number of ketones is 1. The minimum atomic E-state index is -0.132. The topological polar surface area (TPSA) is 37.3 Å². The van der Waals surface area contributed by atoms with Gasteiger partial charge in [0, 0.05) is 5.02 Å². The van der Waals surface area contributed by atoms with Crippen molar-refractivity contribution in [1.29, 1.82) is 0 Å². The third kappa shape index (κ3) is 2.39. The van der Waals surface area contributed by atoms with Gasteiger partial charge in [0.25, 0.3) is 0 Å². The number of phenolic OH excluding ortho intramolecular Hbond substituents is 1. The second-order valence-corrected chi connectivity index (χ2v) is 4.69. The van der Waals surface area contributed by atoms with Crippen LogP contribution in [0.1, 0.15) is 22.8 Å². The zero-order chi connectivity index (χ0) is 13.3. The Morgan fingerprint density at radius 1 is 1.11 bits per heavy atom. The van der Waals surface area contributed by atoms with E-state index in [1.54, 1.807) is 18.2 Å². The van der Waals surface area contributed by atoms with Gasteiger partial charge in [-0.2, -0.15) is 0 Å². The first-order chi connectivity index (χ1) is 8.49. The Hall–Kier alpha value is -1.80. The van der Waals surface area contributed by atoms with E-state index in [1.165, 1.54) is 6.92 Å². The molecule has 2 rings (SSSR count). The standard InChI is InChI=1S/C15H13ClO2/c1-9-7-12(8-14(18)15(9)10(2)17)11-3-5-13(16)6-4-11/h3-8,18H,1-2H3. The maximum atomic E-state index is 11.4. The molecule has 0 atom stereocenters. The fourth-order valence-electron chi connectivity index (χ4n) is 2.04. The van der Waals surface area contributed by atoms with Crippen molar-refractivity contribution >= 4 is 17.4 Å². The van der Waals surface area contributed by atoms with Crippen molar-refractivity contribution in [2.75, 3.05) is 0 Å². The van der Waals surface area contributed by atoms with Crippen LogP contribution in [-0.2, 0) is 0 Å². The van der Waals surface area contributed by atoms with Crippen LogP contribution in [0.5, 0.6) is 5.75 Å². The van der Waals surface area contributed by atoms with Crippen molar-refractivity contribution in [3.8, 4) is 16.9 Å². The van der Waals surface area contributed by atoms with Crippen LogP contribution in [0, 0.1) is 6.92 Å². The molecule has 0 saturated carbocycles. The quantitative estimate of drug-likeness (QED) is 0.821. The minimum Gasteiger partial charge on any atom is -0.507 e. The number of halogens is 1. The molecule has 0 saturated heterocycles. The van der Waals surface area contributed by atoms with Gasteiger partial charge in [0.05, 0.1) is 5.56 Å². The van der Waals surface area contributed by atoms with Crippen LogP contribution in [0.2, 0.25) is 5.02 Å². The molecule has 2 aromatic rings. The molecule has 0 aliphatic rings. The molecule has 0 aliphatic heterocycles. The number of phenols is 1. The summed E-state index contributed by atoms with van der Waals surface area (Å²) in [6.45, 7) is 3.26. The highest BCUT2D eigenvalue weighted by Crippen LogP contribution is 2.30. The highest BCUT2D eigenvalue weighted by Gasteiger charge is 2.12. The van der Waals surface area contributed by atoms with E-state index < -0.39 is 0 Å². The SMILES string of the molecule is CC(=O)c1c(C)cc(-c2ccc(Cl)cc2)cc1O. The average Bonchev–Trinajstić information content (AvgIpc) is 2.28. The van der Waals surface area contributed by atoms with E-state index in [-0.39, 0.29) is 11.5 Å². The van der Waals surface area contributed by atoms with Gasteiger partial charge >= 0.3 is 0 Å². The van der Waals surface area contributed by atoms with Crippen molar-refractivity contribution in [3.63, 3.8) is 0 Å². The Morgan fingerprint density at radius 2 is 1.72 bits per heavy atom. The van der Waals surface area contributed by atoms with Crippen LogP contribution in [0.4, 0.5) is 0 Å². The summed E-state index contributed by atoms with van der Waals surface area (Å²) >= 11 is 5.83. The summed E-state index contributed by atoms with van der Waals surface area (Å²) in [7, 11) is 0. The number of benzene rings is 2. The molecule has 0 amide bonds. The number of Topliss-reactive ketones (excluding diaryl/α,β-unsaturated/α-hetero) is 1. The number of carbonyl (C=O) groups excluding carboxylic acids is 1. The number of aromatic hydroxyl groups is 1. The first-order valence-electron chi connectivity index (χ1n) is 5.59. The molecule has 3 heteroatoms. The van der Waals surface area contributed by atoms with Gasteiger partial charge in [-0.1, -0.05) is 29.8 Å². The van der Waals surface area contributed by atoms with Crippen LogP contribution < -0.4 is 0 Å². The van der Waals surface area contributed by atoms with Gasteiger partial charge in [0.2, 0.25) is 0 Å². The number of hydrogen-bond acceptors (Lipinski definition) is 2. The number of rotatable bonds is 2. The summed E-state index contributed by atoms with van der Waals surface area (Å²) < 4.78 is 0. The fourth-order valence-corrected chi connectivity index (χ4v) is 2.16. The van der Waals surface area contributed by atoms with Crippen LogP contribution in [0.25, 0.3) is 11.1 Å². The third-order valence-corrected chi connectivity index (χ3v) is 3.10. The smallest absolute Gasteiger partial charge is 0.163 e. The monoisotopic (exact) mass is 260 g/mol. The van der Waals surface area contributed by atoms with E-state index in [1.807, 2.05) is 25.1 Å². The van der Waals surface area contributed by atoms with Crippen molar-refractivity contribution in [1.82, 2.24) is 0 Å². The molecule has 0 fully saturated rings. The molecule has 1 N–H and O–H groups in total. The van der Waals surface area contributed by atoms with Crippen molar-refractivity contribution in [3.05, 3.63) is 52.5 Å². The Morgan fingerprint density at radius 3 is 2.22 bits per heavy atom. The molecule has 0 radical (unpaired) electrons. The van der Waals surface area contributed by atoms with Crippen molar-refractivity contribution in [2.45, 2.75) is 13.8 Å². The molecule has 0 unspecified atom stereocenters. The highest BCUT2D eigenvalue weighted by molar-refractivity contribution is 6.30. The highest BCUT2D eigenvalue weighted by atomic mass is 35.5. The van der Waals surface area contributed by atoms with Crippen LogP contribution in [-0.4, -0.2) is 10.9 Å². The van der Waals surface area contributed by atoms with E-state index in [0.717, 1.165) is 16.7 Å². The second-order valence-electron chi connectivity index (χ2n) is 4.25. The summed E-state index contributed by atoms with van der Waals surface area (Å²) in [5.74, 6) is -0.111. The maximum Gasteiger partial charge on any atom is 0.163 e. The van der Waals surface area contributed by atoms with Gasteiger partial charge in [0.1, 0.15) is 5.75 Å². The average molecular weight is 261 g/mol. The largest absolute Gasteiger partial charge is 0.507 e. The van der Waals surface area contributed by atoms with Crippen molar-refractivity contribution < 1.29 is 9.90 Å². The lowest BCUT2D eigenvalue weighted by molar-refractivity contribution is 0.101. The lowest BCUT2D eigenvalue weighted by Gasteiger charge is -2.09. The Kier molecular flexibility index (Phi) is 3.39. The zero-order valence-electron chi connectivity index (χ0n) is 10.2. The first kappa shape index (κ1) is 12.7. The van der Waals surface area contributed by atoms with E-state index >= 15 is 0 Å². The molecular formula is C15H13ClO2. The normalized spacial score (nSPS) is 10.4. The summed E-state index contributed by atoms with van der Waals surface area (Å²) in [6.07, 6.45) is 0. The molecule has 92 valence electrons. The van der Waals surface area contributed by atoms with Crippen LogP contribution in [0.3, 0.4) is 0 Å². The lowest BCUT2D eigenvalue weighted by atomic mass is 9.97. The van der Waals surface area contributed by atoms with E-state index in [9.17, 15) is 9.90 Å². The third-order valence-electron chi connectivity index (χ3n) is 2.84. The molecule has 0 bridgehead atoms. The first-order valence-corrected chi connectivity index (χ1v) is 5.97. The molecule has 0 aliphatic carbocycles. The maximum absolute atomic E-state index is 11.4. The number of aryl methyl sites for hydroxylation is 1. The fraction of sp³-hybridized carbons (Fsp3) is 0.133. The number of hydrogen-bond donors (Lipinski definition) is 1. The Bertz CT molecular complexity index is 577. The summed E-state index contributed by atoms with van der Waals surface area (Å²) in [5.41, 5.74) is 2.97. The summed E-state index contributed by atoms with van der Waals surface area (Å²) in [4.78, 5) is 11.4. The van der Waals surface area contributed by atoms with Gasteiger partial charge < -0.3 is 5.11 Å². The molecule has 0 spiro atoms. The minimum absolute atomic E-state index is 0.0208. The molecule has 0 aromatic heterocycles.